The smallest absolute Gasteiger partial charge is 0.156 e. The first kappa shape index (κ1) is 9.94. The number of fused-ring (bicyclic) bond motifs is 3. The Morgan fingerprint density at radius 3 is 3.00 bits per heavy atom. The quantitative estimate of drug-likeness (QED) is 0.724. The number of aromatic amines is 1. The number of aromatic nitrogens is 4. The second-order valence-corrected chi connectivity index (χ2v) is 5.02. The van der Waals surface area contributed by atoms with Crippen molar-refractivity contribution in [1.82, 2.24) is 19.5 Å². The largest absolute Gasteiger partial charge is 0.371 e. The number of imidazole rings is 1. The summed E-state index contributed by atoms with van der Waals surface area (Å²) in [5.74, 6) is 1.54. The maximum Gasteiger partial charge on any atom is 0.156 e. The molecule has 18 heavy (non-hydrogen) atoms. The molecule has 0 aromatic carbocycles. The van der Waals surface area contributed by atoms with Gasteiger partial charge in [0.05, 0.1) is 11.8 Å². The van der Waals surface area contributed by atoms with E-state index in [1.165, 1.54) is 23.9 Å². The number of H-pyrrole nitrogens is 1. The monoisotopic (exact) mass is 241 g/mol. The molecule has 1 aliphatic carbocycles. The zero-order chi connectivity index (χ0) is 12.3. The molecule has 0 aliphatic heterocycles. The summed E-state index contributed by atoms with van der Waals surface area (Å²) >= 11 is 0. The van der Waals surface area contributed by atoms with Gasteiger partial charge in [-0.25, -0.2) is 9.97 Å². The van der Waals surface area contributed by atoms with Gasteiger partial charge in [-0.05, 0) is 24.8 Å². The lowest BCUT2D eigenvalue weighted by Gasteiger charge is -2.02. The summed E-state index contributed by atoms with van der Waals surface area (Å²) in [4.78, 5) is 12.5. The van der Waals surface area contributed by atoms with Gasteiger partial charge in [0, 0.05) is 25.2 Å². The molecule has 3 aromatic rings. The van der Waals surface area contributed by atoms with Gasteiger partial charge in [0.1, 0.15) is 11.2 Å². The lowest BCUT2D eigenvalue weighted by molar-refractivity contribution is 0.951. The van der Waals surface area contributed by atoms with Crippen molar-refractivity contribution in [3.8, 4) is 0 Å². The SMILES string of the molecule is CNc1nc2[nH]c(C3CC3)cc2c2c1ncn2C. The van der Waals surface area contributed by atoms with Crippen molar-refractivity contribution in [3.05, 3.63) is 18.1 Å². The highest BCUT2D eigenvalue weighted by molar-refractivity contribution is 6.06. The van der Waals surface area contributed by atoms with Crippen LogP contribution in [-0.4, -0.2) is 26.6 Å². The minimum absolute atomic E-state index is 0.709. The van der Waals surface area contributed by atoms with Crippen LogP contribution >= 0.6 is 0 Å². The van der Waals surface area contributed by atoms with Crippen molar-refractivity contribution in [1.29, 1.82) is 0 Å². The van der Waals surface area contributed by atoms with E-state index in [0.717, 1.165) is 22.5 Å². The molecule has 1 aliphatic rings. The summed E-state index contributed by atoms with van der Waals surface area (Å²) < 4.78 is 2.06. The normalized spacial score (nSPS) is 15.7. The second-order valence-electron chi connectivity index (χ2n) is 5.02. The van der Waals surface area contributed by atoms with Crippen LogP contribution in [0.2, 0.25) is 0 Å². The lowest BCUT2D eigenvalue weighted by atomic mass is 10.2. The van der Waals surface area contributed by atoms with E-state index in [2.05, 4.69) is 30.9 Å². The fourth-order valence-electron chi connectivity index (χ4n) is 2.61. The highest BCUT2D eigenvalue weighted by Gasteiger charge is 2.26. The molecule has 5 heteroatoms. The fraction of sp³-hybridized carbons (Fsp3) is 0.385. The summed E-state index contributed by atoms with van der Waals surface area (Å²) in [6.45, 7) is 0. The van der Waals surface area contributed by atoms with Crippen LogP contribution in [-0.2, 0) is 7.05 Å². The average molecular weight is 241 g/mol. The van der Waals surface area contributed by atoms with Gasteiger partial charge in [-0.2, -0.15) is 0 Å². The number of hydrogen-bond donors (Lipinski definition) is 2. The summed E-state index contributed by atoms with van der Waals surface area (Å²) in [5, 5.41) is 4.29. The molecule has 0 bridgehead atoms. The summed E-state index contributed by atoms with van der Waals surface area (Å²) in [6.07, 6.45) is 4.43. The van der Waals surface area contributed by atoms with Gasteiger partial charge in [-0.1, -0.05) is 0 Å². The topological polar surface area (TPSA) is 58.5 Å². The van der Waals surface area contributed by atoms with Crippen molar-refractivity contribution >= 4 is 27.9 Å². The van der Waals surface area contributed by atoms with Crippen molar-refractivity contribution in [2.75, 3.05) is 12.4 Å². The minimum Gasteiger partial charge on any atom is -0.371 e. The highest BCUT2D eigenvalue weighted by Crippen LogP contribution is 2.41. The van der Waals surface area contributed by atoms with Crippen molar-refractivity contribution in [3.63, 3.8) is 0 Å². The zero-order valence-corrected chi connectivity index (χ0v) is 10.5. The third-order valence-corrected chi connectivity index (χ3v) is 3.71. The van der Waals surface area contributed by atoms with Gasteiger partial charge < -0.3 is 14.9 Å². The van der Waals surface area contributed by atoms with Crippen LogP contribution in [0, 0.1) is 0 Å². The number of nitrogens with zero attached hydrogens (tertiary/aromatic N) is 3. The number of aryl methyl sites for hydroxylation is 1. The van der Waals surface area contributed by atoms with E-state index in [-0.39, 0.29) is 0 Å². The Balaban J connectivity index is 2.13. The molecule has 4 rings (SSSR count). The third kappa shape index (κ3) is 1.21. The standard InChI is InChI=1S/C13H15N5/c1-14-13-10-11(18(2)6-15-10)8-5-9(7-3-4-7)16-12(8)17-13/h5-7H,3-4H2,1-2H3,(H2,14,16,17). The van der Waals surface area contributed by atoms with Crippen LogP contribution in [0.4, 0.5) is 5.82 Å². The number of rotatable bonds is 2. The fourth-order valence-corrected chi connectivity index (χ4v) is 2.61. The Hall–Kier alpha value is -2.04. The van der Waals surface area contributed by atoms with Crippen LogP contribution in [0.25, 0.3) is 22.1 Å². The van der Waals surface area contributed by atoms with Crippen molar-refractivity contribution in [2.24, 2.45) is 7.05 Å². The average Bonchev–Trinajstić information content (AvgIpc) is 3.03. The minimum atomic E-state index is 0.709. The molecule has 1 fully saturated rings. The van der Waals surface area contributed by atoms with E-state index in [1.54, 1.807) is 0 Å². The highest BCUT2D eigenvalue weighted by atomic mass is 15.1. The molecule has 0 unspecified atom stereocenters. The molecule has 0 atom stereocenters. The molecule has 92 valence electrons. The van der Waals surface area contributed by atoms with Gasteiger partial charge in [-0.15, -0.1) is 0 Å². The Labute approximate surface area is 104 Å². The van der Waals surface area contributed by atoms with E-state index in [1.807, 2.05) is 20.4 Å². The van der Waals surface area contributed by atoms with Gasteiger partial charge in [0.2, 0.25) is 0 Å². The number of pyridine rings is 1. The Kier molecular flexibility index (Phi) is 1.79. The van der Waals surface area contributed by atoms with Crippen LogP contribution in [0.15, 0.2) is 12.4 Å². The molecule has 3 aromatic heterocycles. The van der Waals surface area contributed by atoms with Gasteiger partial charge >= 0.3 is 0 Å². The first-order valence-corrected chi connectivity index (χ1v) is 6.29. The Morgan fingerprint density at radius 1 is 1.44 bits per heavy atom. The van der Waals surface area contributed by atoms with Crippen LogP contribution in [0.1, 0.15) is 24.5 Å². The zero-order valence-electron chi connectivity index (χ0n) is 10.5. The molecule has 0 saturated heterocycles. The first-order valence-electron chi connectivity index (χ1n) is 6.29. The number of nitrogens with one attached hydrogen (secondary N) is 2. The van der Waals surface area contributed by atoms with E-state index in [0.29, 0.717) is 5.92 Å². The van der Waals surface area contributed by atoms with E-state index < -0.39 is 0 Å². The summed E-state index contributed by atoms with van der Waals surface area (Å²) in [5.41, 5.74) is 4.35. The van der Waals surface area contributed by atoms with Gasteiger partial charge in [0.15, 0.2) is 5.82 Å². The molecular formula is C13H15N5. The van der Waals surface area contributed by atoms with Crippen LogP contribution in [0.5, 0.6) is 0 Å². The predicted molar refractivity (Wildman–Crippen MR) is 71.9 cm³/mol. The predicted octanol–water partition coefficient (Wildman–Crippen LogP) is 2.37. The molecule has 0 spiro atoms. The second kappa shape index (κ2) is 3.25. The Morgan fingerprint density at radius 2 is 2.28 bits per heavy atom. The Bertz CT molecular complexity index is 748. The molecule has 5 nitrogen and oxygen atoms in total. The maximum absolute atomic E-state index is 4.62. The van der Waals surface area contributed by atoms with Gasteiger partial charge in [0.25, 0.3) is 0 Å². The lowest BCUT2D eigenvalue weighted by Crippen LogP contribution is -1.95. The number of hydrogen-bond acceptors (Lipinski definition) is 3. The van der Waals surface area contributed by atoms with Crippen LogP contribution < -0.4 is 5.32 Å². The van der Waals surface area contributed by atoms with E-state index in [9.17, 15) is 0 Å². The molecule has 0 radical (unpaired) electrons. The van der Waals surface area contributed by atoms with Crippen LogP contribution in [0.3, 0.4) is 0 Å². The maximum atomic E-state index is 4.62. The molecule has 0 amide bonds. The molecular weight excluding hydrogens is 226 g/mol. The van der Waals surface area contributed by atoms with Crippen molar-refractivity contribution in [2.45, 2.75) is 18.8 Å². The first-order chi connectivity index (χ1) is 8.78. The molecule has 3 heterocycles. The summed E-state index contributed by atoms with van der Waals surface area (Å²) in [6, 6.07) is 2.24. The molecule has 2 N–H and O–H groups in total. The number of anilines is 1. The van der Waals surface area contributed by atoms with E-state index in [4.69, 9.17) is 0 Å². The molecule has 1 saturated carbocycles. The van der Waals surface area contributed by atoms with Crippen molar-refractivity contribution < 1.29 is 0 Å². The van der Waals surface area contributed by atoms with E-state index >= 15 is 0 Å². The third-order valence-electron chi connectivity index (χ3n) is 3.71. The van der Waals surface area contributed by atoms with Gasteiger partial charge in [-0.3, -0.25) is 0 Å². The summed E-state index contributed by atoms with van der Waals surface area (Å²) in [7, 11) is 3.91.